The van der Waals surface area contributed by atoms with Crippen LogP contribution in [0.3, 0.4) is 0 Å². The number of nitrogens with zero attached hydrogens (tertiary/aromatic N) is 2. The fourth-order valence-electron chi connectivity index (χ4n) is 2.33. The molecule has 118 valence electrons. The molecule has 2 aromatic rings. The number of aromatic nitrogens is 1. The molecule has 23 heavy (non-hydrogen) atoms. The molecule has 0 unspecified atom stereocenters. The van der Waals surface area contributed by atoms with Crippen molar-refractivity contribution < 1.29 is 19.1 Å². The lowest BCUT2D eigenvalue weighted by atomic mass is 10.0. The average molecular weight is 312 g/mol. The largest absolute Gasteiger partial charge is 0.497 e. The van der Waals surface area contributed by atoms with Crippen molar-refractivity contribution in [2.45, 2.75) is 19.4 Å². The summed E-state index contributed by atoms with van der Waals surface area (Å²) < 4.78 is 11.0. The van der Waals surface area contributed by atoms with E-state index in [4.69, 9.17) is 14.3 Å². The molecule has 1 aliphatic rings. The van der Waals surface area contributed by atoms with E-state index in [1.54, 1.807) is 31.5 Å². The molecule has 0 aliphatic carbocycles. The fraction of sp³-hybridized carbons (Fsp3) is 0.235. The number of ether oxygens (including phenoxy) is 2. The van der Waals surface area contributed by atoms with Crippen molar-refractivity contribution >= 4 is 11.7 Å². The first-order valence-electron chi connectivity index (χ1n) is 7.20. The zero-order valence-corrected chi connectivity index (χ0v) is 12.9. The normalized spacial score (nSPS) is 18.0. The number of fused-ring (bicyclic) bond motifs is 1. The van der Waals surface area contributed by atoms with E-state index in [-0.39, 0.29) is 6.10 Å². The summed E-state index contributed by atoms with van der Waals surface area (Å²) in [5, 5.41) is 4.03. The topological polar surface area (TPSA) is 70.0 Å². The van der Waals surface area contributed by atoms with Crippen LogP contribution in [-0.2, 0) is 4.84 Å². The SMILES string of the molecule is COc1ccc2c(c1)O[C@H](C)C/C2=N\OC(=O)c1cccnc1. The number of hydrogen-bond donors (Lipinski definition) is 0. The monoisotopic (exact) mass is 312 g/mol. The number of hydrogen-bond acceptors (Lipinski definition) is 6. The number of methoxy groups -OCH3 is 1. The van der Waals surface area contributed by atoms with Crippen LogP contribution in [0.4, 0.5) is 0 Å². The number of oxime groups is 1. The van der Waals surface area contributed by atoms with Crippen molar-refractivity contribution in [2.75, 3.05) is 7.11 Å². The van der Waals surface area contributed by atoms with Gasteiger partial charge in [-0.15, -0.1) is 0 Å². The molecule has 0 bridgehead atoms. The van der Waals surface area contributed by atoms with Crippen LogP contribution in [0.15, 0.2) is 47.9 Å². The standard InChI is InChI=1S/C17H16N2O4/c1-11-8-15(14-6-5-13(21-2)9-16(14)22-11)19-23-17(20)12-4-3-7-18-10-12/h3-7,9-11H,8H2,1-2H3/b19-15+/t11-/m1/s1. The predicted molar refractivity (Wildman–Crippen MR) is 83.9 cm³/mol. The second kappa shape index (κ2) is 6.48. The van der Waals surface area contributed by atoms with E-state index in [0.29, 0.717) is 29.2 Å². The average Bonchev–Trinajstić information content (AvgIpc) is 2.59. The van der Waals surface area contributed by atoms with Crippen molar-refractivity contribution in [3.8, 4) is 11.5 Å². The van der Waals surface area contributed by atoms with Crippen molar-refractivity contribution in [1.82, 2.24) is 4.98 Å². The molecule has 6 nitrogen and oxygen atoms in total. The summed E-state index contributed by atoms with van der Waals surface area (Å²) in [4.78, 5) is 20.9. The third-order valence-corrected chi connectivity index (χ3v) is 3.44. The summed E-state index contributed by atoms with van der Waals surface area (Å²) in [6.07, 6.45) is 3.52. The Labute approximate surface area is 133 Å². The summed E-state index contributed by atoms with van der Waals surface area (Å²) in [5.74, 6) is 0.823. The Morgan fingerprint density at radius 1 is 1.39 bits per heavy atom. The molecule has 0 N–H and O–H groups in total. The minimum absolute atomic E-state index is 0.0644. The Morgan fingerprint density at radius 3 is 3.00 bits per heavy atom. The molecule has 6 heteroatoms. The van der Waals surface area contributed by atoms with Crippen LogP contribution in [0.1, 0.15) is 29.3 Å². The van der Waals surface area contributed by atoms with Crippen LogP contribution in [0.2, 0.25) is 0 Å². The lowest BCUT2D eigenvalue weighted by Crippen LogP contribution is -2.25. The second-order valence-corrected chi connectivity index (χ2v) is 5.15. The van der Waals surface area contributed by atoms with Gasteiger partial charge >= 0.3 is 5.97 Å². The van der Waals surface area contributed by atoms with Gasteiger partial charge in [-0.3, -0.25) is 4.98 Å². The van der Waals surface area contributed by atoms with Gasteiger partial charge in [0, 0.05) is 30.4 Å². The van der Waals surface area contributed by atoms with Crippen LogP contribution in [0.25, 0.3) is 0 Å². The van der Waals surface area contributed by atoms with Crippen molar-refractivity contribution in [2.24, 2.45) is 5.16 Å². The number of carbonyl (C=O) groups excluding carboxylic acids is 1. The van der Waals surface area contributed by atoms with Crippen molar-refractivity contribution in [3.63, 3.8) is 0 Å². The second-order valence-electron chi connectivity index (χ2n) is 5.15. The van der Waals surface area contributed by atoms with E-state index < -0.39 is 5.97 Å². The van der Waals surface area contributed by atoms with Gasteiger partial charge in [-0.25, -0.2) is 4.79 Å². The quantitative estimate of drug-likeness (QED) is 0.644. The highest BCUT2D eigenvalue weighted by Gasteiger charge is 2.23. The van der Waals surface area contributed by atoms with E-state index in [2.05, 4.69) is 10.1 Å². The predicted octanol–water partition coefficient (Wildman–Crippen LogP) is 2.82. The van der Waals surface area contributed by atoms with Gasteiger partial charge in [0.25, 0.3) is 0 Å². The molecule has 1 atom stereocenters. The Bertz CT molecular complexity index is 744. The lowest BCUT2D eigenvalue weighted by Gasteiger charge is -2.24. The Balaban J connectivity index is 1.84. The summed E-state index contributed by atoms with van der Waals surface area (Å²) >= 11 is 0. The molecular weight excluding hydrogens is 296 g/mol. The van der Waals surface area contributed by atoms with Gasteiger partial charge < -0.3 is 14.3 Å². The van der Waals surface area contributed by atoms with Gasteiger partial charge in [0.1, 0.15) is 17.6 Å². The smallest absolute Gasteiger partial charge is 0.367 e. The van der Waals surface area contributed by atoms with Crippen LogP contribution in [0.5, 0.6) is 11.5 Å². The van der Waals surface area contributed by atoms with E-state index in [1.165, 1.54) is 6.20 Å². The van der Waals surface area contributed by atoms with Crippen LogP contribution in [0, 0.1) is 0 Å². The number of benzene rings is 1. The maximum absolute atomic E-state index is 12.0. The van der Waals surface area contributed by atoms with Gasteiger partial charge in [0.15, 0.2) is 0 Å². The van der Waals surface area contributed by atoms with Gasteiger partial charge in [-0.2, -0.15) is 0 Å². The van der Waals surface area contributed by atoms with Crippen molar-refractivity contribution in [1.29, 1.82) is 0 Å². The summed E-state index contributed by atoms with van der Waals surface area (Å²) in [5.41, 5.74) is 1.81. The van der Waals surface area contributed by atoms with E-state index >= 15 is 0 Å². The molecular formula is C17H16N2O4. The van der Waals surface area contributed by atoms with Gasteiger partial charge in [-0.1, -0.05) is 5.16 Å². The van der Waals surface area contributed by atoms with Gasteiger partial charge in [0.05, 0.1) is 18.4 Å². The Morgan fingerprint density at radius 2 is 2.26 bits per heavy atom. The molecule has 0 radical (unpaired) electrons. The van der Waals surface area contributed by atoms with Crippen LogP contribution >= 0.6 is 0 Å². The molecule has 1 aromatic heterocycles. The molecule has 0 saturated carbocycles. The molecule has 0 amide bonds. The van der Waals surface area contributed by atoms with E-state index in [0.717, 1.165) is 5.56 Å². The zero-order valence-electron chi connectivity index (χ0n) is 12.9. The molecule has 3 rings (SSSR count). The highest BCUT2D eigenvalue weighted by atomic mass is 16.7. The van der Waals surface area contributed by atoms with Gasteiger partial charge in [0.2, 0.25) is 0 Å². The lowest BCUT2D eigenvalue weighted by molar-refractivity contribution is 0.0512. The van der Waals surface area contributed by atoms with E-state index in [9.17, 15) is 4.79 Å². The number of pyridine rings is 1. The highest BCUT2D eigenvalue weighted by molar-refractivity contribution is 6.04. The minimum atomic E-state index is -0.542. The molecule has 0 saturated heterocycles. The van der Waals surface area contributed by atoms with Crippen LogP contribution < -0.4 is 9.47 Å². The molecule has 0 fully saturated rings. The highest BCUT2D eigenvalue weighted by Crippen LogP contribution is 2.31. The van der Waals surface area contributed by atoms with Crippen LogP contribution in [-0.4, -0.2) is 29.9 Å². The maximum Gasteiger partial charge on any atom is 0.367 e. The molecule has 1 aliphatic heterocycles. The Kier molecular flexibility index (Phi) is 4.23. The Hall–Kier alpha value is -2.89. The third-order valence-electron chi connectivity index (χ3n) is 3.44. The minimum Gasteiger partial charge on any atom is -0.497 e. The first-order chi connectivity index (χ1) is 11.2. The molecule has 0 spiro atoms. The summed E-state index contributed by atoms with van der Waals surface area (Å²) in [7, 11) is 1.60. The molecule has 1 aromatic carbocycles. The van der Waals surface area contributed by atoms with Gasteiger partial charge in [-0.05, 0) is 31.2 Å². The molecule has 2 heterocycles. The number of carbonyl (C=O) groups is 1. The third kappa shape index (κ3) is 3.31. The first-order valence-corrected chi connectivity index (χ1v) is 7.20. The number of rotatable bonds is 3. The summed E-state index contributed by atoms with van der Waals surface area (Å²) in [6.45, 7) is 1.93. The van der Waals surface area contributed by atoms with E-state index in [1.807, 2.05) is 19.1 Å². The maximum atomic E-state index is 12.0. The first kappa shape index (κ1) is 15.0. The fourth-order valence-corrected chi connectivity index (χ4v) is 2.33. The summed E-state index contributed by atoms with van der Waals surface area (Å²) in [6, 6.07) is 8.75. The zero-order chi connectivity index (χ0) is 16.2. The van der Waals surface area contributed by atoms with Crippen molar-refractivity contribution in [3.05, 3.63) is 53.9 Å².